The highest BCUT2D eigenvalue weighted by atomic mass is 32.2. The van der Waals surface area contributed by atoms with Gasteiger partial charge in [0, 0.05) is 17.2 Å². The van der Waals surface area contributed by atoms with Gasteiger partial charge in [-0.2, -0.15) is 8.42 Å². The molecule has 2 rings (SSSR count). The van der Waals surface area contributed by atoms with Gasteiger partial charge in [-0.1, -0.05) is 12.1 Å². The molecule has 0 aromatic heterocycles. The number of ketones is 1. The van der Waals surface area contributed by atoms with Crippen LogP contribution in [0.2, 0.25) is 0 Å². The van der Waals surface area contributed by atoms with E-state index in [0.29, 0.717) is 0 Å². The van der Waals surface area contributed by atoms with E-state index in [-0.39, 0.29) is 16.0 Å². The SMILES string of the molecule is N#[N+][C@@H]1C=Cc2c(cccc2S(=O)(=O)O)C1=O. The summed E-state index contributed by atoms with van der Waals surface area (Å²) in [7, 11) is -4.39. The topological polar surface area (TPSA) is 99.6 Å². The molecule has 0 heterocycles. The van der Waals surface area contributed by atoms with Crippen molar-refractivity contribution in [1.29, 1.82) is 5.39 Å². The van der Waals surface area contributed by atoms with Crippen LogP contribution in [0.25, 0.3) is 11.1 Å². The molecule has 1 aromatic carbocycles. The molecule has 6 nitrogen and oxygen atoms in total. The lowest BCUT2D eigenvalue weighted by molar-refractivity contribution is 0.0987. The summed E-state index contributed by atoms with van der Waals surface area (Å²) in [4.78, 5) is 14.3. The van der Waals surface area contributed by atoms with Crippen LogP contribution in [0, 0.1) is 5.39 Å². The van der Waals surface area contributed by atoms with Crippen molar-refractivity contribution >= 4 is 22.0 Å². The molecule has 0 bridgehead atoms. The average molecular weight is 251 g/mol. The molecule has 7 heteroatoms. The van der Waals surface area contributed by atoms with Gasteiger partial charge in [0.05, 0.1) is 0 Å². The van der Waals surface area contributed by atoms with Crippen molar-refractivity contribution in [3.8, 4) is 0 Å². The molecular formula is C10H7N2O4S+. The first-order valence-corrected chi connectivity index (χ1v) is 6.06. The fourth-order valence-corrected chi connectivity index (χ4v) is 2.39. The zero-order chi connectivity index (χ0) is 12.6. The minimum Gasteiger partial charge on any atom is -0.285 e. The Morgan fingerprint density at radius 3 is 2.65 bits per heavy atom. The minimum absolute atomic E-state index is 0.102. The summed E-state index contributed by atoms with van der Waals surface area (Å²) in [5.41, 5.74) is 0.213. The Kier molecular flexibility index (Phi) is 2.53. The normalized spacial score (nSPS) is 18.6. The van der Waals surface area contributed by atoms with E-state index in [9.17, 15) is 13.2 Å². The molecule has 1 atom stereocenters. The second kappa shape index (κ2) is 3.76. The number of rotatable bonds is 1. The third-order valence-corrected chi connectivity index (χ3v) is 3.36. The van der Waals surface area contributed by atoms with Crippen LogP contribution in [0.3, 0.4) is 0 Å². The Bertz CT molecular complexity index is 670. The van der Waals surface area contributed by atoms with E-state index in [4.69, 9.17) is 9.95 Å². The fraction of sp³-hybridized carbons (Fsp3) is 0.100. The lowest BCUT2D eigenvalue weighted by Crippen LogP contribution is -2.20. The summed E-state index contributed by atoms with van der Waals surface area (Å²) in [5, 5.41) is 8.60. The van der Waals surface area contributed by atoms with Crippen molar-refractivity contribution in [1.82, 2.24) is 0 Å². The van der Waals surface area contributed by atoms with Crippen LogP contribution < -0.4 is 0 Å². The van der Waals surface area contributed by atoms with Crippen molar-refractivity contribution in [3.05, 3.63) is 40.4 Å². The van der Waals surface area contributed by atoms with E-state index in [1.165, 1.54) is 30.4 Å². The summed E-state index contributed by atoms with van der Waals surface area (Å²) < 4.78 is 31.2. The van der Waals surface area contributed by atoms with E-state index >= 15 is 0 Å². The molecular weight excluding hydrogens is 244 g/mol. The largest absolute Gasteiger partial charge is 0.394 e. The highest BCUT2D eigenvalue weighted by Crippen LogP contribution is 2.27. The fourth-order valence-electron chi connectivity index (χ4n) is 1.68. The molecule has 0 unspecified atom stereocenters. The standard InChI is InChI=1S/C10H6N2O4S/c11-12-8-5-4-6-7(10(8)13)2-1-3-9(6)17(14,15)16/h1-5,8H/p+1/t8-/m1/s1. The molecule has 0 radical (unpaired) electrons. The minimum atomic E-state index is -4.39. The third-order valence-electron chi connectivity index (χ3n) is 2.45. The molecule has 0 saturated heterocycles. The molecule has 0 saturated carbocycles. The van der Waals surface area contributed by atoms with Gasteiger partial charge < -0.3 is 0 Å². The Morgan fingerprint density at radius 1 is 1.35 bits per heavy atom. The molecule has 17 heavy (non-hydrogen) atoms. The number of benzene rings is 1. The van der Waals surface area contributed by atoms with Gasteiger partial charge >= 0.3 is 6.04 Å². The molecule has 0 aliphatic heterocycles. The summed E-state index contributed by atoms with van der Waals surface area (Å²) >= 11 is 0. The predicted molar refractivity (Wildman–Crippen MR) is 58.5 cm³/mol. The molecule has 0 fully saturated rings. The number of carbonyl (C=O) groups is 1. The number of carbonyl (C=O) groups excluding carboxylic acids is 1. The van der Waals surface area contributed by atoms with Crippen LogP contribution in [0.5, 0.6) is 0 Å². The summed E-state index contributed by atoms with van der Waals surface area (Å²) in [6, 6.07) is 2.92. The van der Waals surface area contributed by atoms with Crippen molar-refractivity contribution in [3.63, 3.8) is 0 Å². The summed E-state index contributed by atoms with van der Waals surface area (Å²) in [6.45, 7) is 0. The smallest absolute Gasteiger partial charge is 0.285 e. The van der Waals surface area contributed by atoms with E-state index < -0.39 is 21.9 Å². The maximum atomic E-state index is 11.7. The maximum absolute atomic E-state index is 11.7. The quantitative estimate of drug-likeness (QED) is 0.600. The Morgan fingerprint density at radius 2 is 2.06 bits per heavy atom. The molecule has 86 valence electrons. The van der Waals surface area contributed by atoms with Gasteiger partial charge in [0.15, 0.2) is 0 Å². The number of nitrogens with zero attached hydrogens (tertiary/aromatic N) is 2. The van der Waals surface area contributed by atoms with Gasteiger partial charge in [-0.25, -0.2) is 0 Å². The second-order valence-electron chi connectivity index (χ2n) is 3.48. The van der Waals surface area contributed by atoms with Gasteiger partial charge in [-0.3, -0.25) is 9.35 Å². The molecule has 1 N–H and O–H groups in total. The van der Waals surface area contributed by atoms with Crippen LogP contribution in [-0.2, 0) is 10.1 Å². The number of hydrogen-bond donors (Lipinski definition) is 1. The van der Waals surface area contributed by atoms with E-state index in [1.807, 2.05) is 0 Å². The highest BCUT2D eigenvalue weighted by Gasteiger charge is 2.35. The van der Waals surface area contributed by atoms with Crippen LogP contribution in [-0.4, -0.2) is 24.8 Å². The molecule has 0 spiro atoms. The van der Waals surface area contributed by atoms with Gasteiger partial charge in [-0.05, 0) is 12.1 Å². The lowest BCUT2D eigenvalue weighted by atomic mass is 9.93. The zero-order valence-electron chi connectivity index (χ0n) is 8.44. The van der Waals surface area contributed by atoms with Crippen molar-refractivity contribution in [2.75, 3.05) is 0 Å². The first-order valence-electron chi connectivity index (χ1n) is 4.62. The van der Waals surface area contributed by atoms with E-state index in [1.54, 1.807) is 0 Å². The summed E-state index contributed by atoms with van der Waals surface area (Å²) in [6.07, 6.45) is 2.60. The highest BCUT2D eigenvalue weighted by molar-refractivity contribution is 7.86. The lowest BCUT2D eigenvalue weighted by Gasteiger charge is -2.10. The Balaban J connectivity index is 2.72. The van der Waals surface area contributed by atoms with Crippen molar-refractivity contribution in [2.24, 2.45) is 0 Å². The second-order valence-corrected chi connectivity index (χ2v) is 4.87. The number of hydrogen-bond acceptors (Lipinski definition) is 4. The van der Waals surface area contributed by atoms with Gasteiger partial charge in [0.1, 0.15) is 9.87 Å². The number of fused-ring (bicyclic) bond motifs is 1. The van der Waals surface area contributed by atoms with E-state index in [0.717, 1.165) is 0 Å². The number of Topliss-reactive ketones (excluding diaryl/α,β-unsaturated/α-hetero) is 1. The Hall–Kier alpha value is -2.04. The van der Waals surface area contributed by atoms with Crippen LogP contribution in [0.4, 0.5) is 0 Å². The number of diazo groups is 1. The third kappa shape index (κ3) is 1.84. The molecule has 1 aliphatic rings. The van der Waals surface area contributed by atoms with Crippen LogP contribution in [0.1, 0.15) is 15.9 Å². The first kappa shape index (κ1) is 11.4. The van der Waals surface area contributed by atoms with Crippen molar-refractivity contribution < 1.29 is 17.8 Å². The first-order chi connectivity index (χ1) is 7.95. The summed E-state index contributed by atoms with van der Waals surface area (Å²) in [5.74, 6) is -0.518. The van der Waals surface area contributed by atoms with Gasteiger partial charge in [0.25, 0.3) is 15.9 Å². The molecule has 1 aromatic rings. The van der Waals surface area contributed by atoms with Crippen LogP contribution in [0.15, 0.2) is 29.2 Å². The van der Waals surface area contributed by atoms with Crippen molar-refractivity contribution in [2.45, 2.75) is 10.9 Å². The van der Waals surface area contributed by atoms with Gasteiger partial charge in [-0.15, -0.1) is 0 Å². The zero-order valence-corrected chi connectivity index (χ0v) is 9.26. The molecule has 0 amide bonds. The van der Waals surface area contributed by atoms with E-state index in [2.05, 4.69) is 4.98 Å². The predicted octanol–water partition coefficient (Wildman–Crippen LogP) is 1.36. The van der Waals surface area contributed by atoms with Gasteiger partial charge in [0.2, 0.25) is 5.39 Å². The monoisotopic (exact) mass is 251 g/mol. The maximum Gasteiger partial charge on any atom is 0.394 e. The Labute approximate surface area is 96.9 Å². The average Bonchev–Trinajstić information content (AvgIpc) is 2.28. The molecule has 1 aliphatic carbocycles. The van der Waals surface area contributed by atoms with Crippen LogP contribution >= 0.6 is 0 Å².